The minimum atomic E-state index is -0.988. The molecule has 0 saturated heterocycles. The lowest BCUT2D eigenvalue weighted by Gasteiger charge is -2.13. The highest BCUT2D eigenvalue weighted by Crippen LogP contribution is 2.07. The molecule has 0 heterocycles. The Morgan fingerprint density at radius 1 is 1.16 bits per heavy atom. The van der Waals surface area contributed by atoms with Crippen LogP contribution < -0.4 is 5.32 Å². The van der Waals surface area contributed by atoms with Crippen LogP contribution in [-0.2, 0) is 11.2 Å². The summed E-state index contributed by atoms with van der Waals surface area (Å²) in [7, 11) is 0. The first-order valence-corrected chi connectivity index (χ1v) is 6.71. The van der Waals surface area contributed by atoms with E-state index in [4.69, 9.17) is 5.11 Å². The summed E-state index contributed by atoms with van der Waals surface area (Å²) in [6, 6.07) is 6.49. The van der Waals surface area contributed by atoms with E-state index in [1.165, 1.54) is 5.56 Å². The first-order chi connectivity index (χ1) is 9.08. The highest BCUT2D eigenvalue weighted by molar-refractivity contribution is 5.96. The van der Waals surface area contributed by atoms with Crippen LogP contribution in [0.2, 0.25) is 0 Å². The van der Waals surface area contributed by atoms with Crippen molar-refractivity contribution < 1.29 is 14.7 Å². The van der Waals surface area contributed by atoms with Gasteiger partial charge >= 0.3 is 5.97 Å². The van der Waals surface area contributed by atoms with Crippen LogP contribution in [0.5, 0.6) is 0 Å². The topological polar surface area (TPSA) is 66.4 Å². The molecule has 1 unspecified atom stereocenters. The zero-order valence-corrected chi connectivity index (χ0v) is 11.5. The maximum absolute atomic E-state index is 11.9. The lowest BCUT2D eigenvalue weighted by Crippen LogP contribution is -2.40. The number of aliphatic carboxylic acids is 1. The maximum Gasteiger partial charge on any atom is 0.326 e. The van der Waals surface area contributed by atoms with Gasteiger partial charge < -0.3 is 10.4 Å². The van der Waals surface area contributed by atoms with Gasteiger partial charge in [-0.2, -0.15) is 0 Å². The molecule has 0 bridgehead atoms. The van der Waals surface area contributed by atoms with Crippen LogP contribution in [0.3, 0.4) is 0 Å². The Balaban J connectivity index is 2.68. The number of carboxylic acids is 1. The van der Waals surface area contributed by atoms with Gasteiger partial charge in [0.05, 0.1) is 0 Å². The van der Waals surface area contributed by atoms with Crippen LogP contribution in [0, 0.1) is 0 Å². The number of nitrogens with one attached hydrogen (secondary N) is 1. The number of hydrogen-bond donors (Lipinski definition) is 2. The van der Waals surface area contributed by atoms with E-state index < -0.39 is 12.0 Å². The molecular formula is C15H21NO3. The number of rotatable bonds is 7. The maximum atomic E-state index is 11.9. The van der Waals surface area contributed by atoms with E-state index in [0.717, 1.165) is 12.8 Å². The average molecular weight is 263 g/mol. The summed E-state index contributed by atoms with van der Waals surface area (Å²) < 4.78 is 0. The zero-order valence-electron chi connectivity index (χ0n) is 11.5. The zero-order chi connectivity index (χ0) is 14.3. The summed E-state index contributed by atoms with van der Waals surface area (Å²) >= 11 is 0. The van der Waals surface area contributed by atoms with E-state index in [1.54, 1.807) is 12.1 Å². The molecule has 1 aromatic rings. The van der Waals surface area contributed by atoms with Crippen molar-refractivity contribution in [3.8, 4) is 0 Å². The van der Waals surface area contributed by atoms with Gasteiger partial charge in [0.25, 0.3) is 5.91 Å². The van der Waals surface area contributed by atoms with Gasteiger partial charge in [-0.25, -0.2) is 4.79 Å². The summed E-state index contributed by atoms with van der Waals surface area (Å²) in [5.74, 6) is -1.32. The molecular weight excluding hydrogens is 242 g/mol. The third kappa shape index (κ3) is 4.73. The molecule has 0 spiro atoms. The molecule has 0 saturated carbocycles. The minimum Gasteiger partial charge on any atom is -0.480 e. The summed E-state index contributed by atoms with van der Waals surface area (Å²) in [6.45, 7) is 3.99. The van der Waals surface area contributed by atoms with Crippen molar-refractivity contribution in [2.24, 2.45) is 0 Å². The fourth-order valence-electron chi connectivity index (χ4n) is 1.90. The molecule has 0 radical (unpaired) electrons. The highest BCUT2D eigenvalue weighted by atomic mass is 16.4. The molecule has 1 rings (SSSR count). The summed E-state index contributed by atoms with van der Waals surface area (Å²) in [5.41, 5.74) is 1.68. The third-order valence-electron chi connectivity index (χ3n) is 2.94. The van der Waals surface area contributed by atoms with Crippen molar-refractivity contribution in [3.05, 3.63) is 35.4 Å². The van der Waals surface area contributed by atoms with Crippen molar-refractivity contribution in [1.29, 1.82) is 0 Å². The number of aryl methyl sites for hydroxylation is 1. The number of carbonyl (C=O) groups is 2. The molecule has 1 atom stereocenters. The minimum absolute atomic E-state index is 0.330. The van der Waals surface area contributed by atoms with E-state index in [1.807, 2.05) is 19.1 Å². The van der Waals surface area contributed by atoms with Gasteiger partial charge in [0.1, 0.15) is 6.04 Å². The number of hydrogen-bond acceptors (Lipinski definition) is 2. The summed E-state index contributed by atoms with van der Waals surface area (Å²) in [5, 5.41) is 11.5. The Hall–Kier alpha value is -1.84. The molecule has 4 nitrogen and oxygen atoms in total. The van der Waals surface area contributed by atoms with E-state index in [2.05, 4.69) is 12.2 Å². The van der Waals surface area contributed by atoms with Gasteiger partial charge in [0.2, 0.25) is 0 Å². The molecule has 104 valence electrons. The quantitative estimate of drug-likeness (QED) is 0.794. The van der Waals surface area contributed by atoms with Gasteiger partial charge in [-0.05, 0) is 30.5 Å². The van der Waals surface area contributed by atoms with Crippen LogP contribution >= 0.6 is 0 Å². The second-order valence-electron chi connectivity index (χ2n) is 4.60. The first kappa shape index (κ1) is 15.2. The molecule has 0 fully saturated rings. The van der Waals surface area contributed by atoms with Crippen molar-refractivity contribution in [1.82, 2.24) is 5.32 Å². The number of carboxylic acid groups (broad SMARTS) is 1. The summed E-state index contributed by atoms with van der Waals surface area (Å²) in [4.78, 5) is 22.9. The normalized spacial score (nSPS) is 11.9. The Morgan fingerprint density at radius 2 is 1.79 bits per heavy atom. The predicted molar refractivity (Wildman–Crippen MR) is 74.2 cm³/mol. The van der Waals surface area contributed by atoms with Crippen LogP contribution in [0.25, 0.3) is 0 Å². The molecule has 1 amide bonds. The van der Waals surface area contributed by atoms with Crippen LogP contribution in [0.1, 0.15) is 49.0 Å². The lowest BCUT2D eigenvalue weighted by molar-refractivity contribution is -0.139. The molecule has 0 aliphatic carbocycles. The Labute approximate surface area is 113 Å². The van der Waals surface area contributed by atoms with Crippen LogP contribution in [-0.4, -0.2) is 23.0 Å². The average Bonchev–Trinajstić information content (AvgIpc) is 2.39. The fourth-order valence-corrected chi connectivity index (χ4v) is 1.90. The van der Waals surface area contributed by atoms with Crippen LogP contribution in [0.4, 0.5) is 0 Å². The van der Waals surface area contributed by atoms with Crippen molar-refractivity contribution in [2.75, 3.05) is 0 Å². The second kappa shape index (κ2) is 7.56. The monoisotopic (exact) mass is 263 g/mol. The number of amides is 1. The van der Waals surface area contributed by atoms with Crippen LogP contribution in [0.15, 0.2) is 24.3 Å². The van der Waals surface area contributed by atoms with E-state index in [9.17, 15) is 9.59 Å². The largest absolute Gasteiger partial charge is 0.480 e. The Morgan fingerprint density at radius 3 is 2.26 bits per heavy atom. The van der Waals surface area contributed by atoms with Gasteiger partial charge in [0, 0.05) is 5.56 Å². The highest BCUT2D eigenvalue weighted by Gasteiger charge is 2.19. The molecule has 0 aliphatic heterocycles. The molecule has 19 heavy (non-hydrogen) atoms. The van der Waals surface area contributed by atoms with Crippen molar-refractivity contribution in [3.63, 3.8) is 0 Å². The lowest BCUT2D eigenvalue weighted by atomic mass is 10.1. The molecule has 1 aromatic carbocycles. The third-order valence-corrected chi connectivity index (χ3v) is 2.94. The van der Waals surface area contributed by atoms with E-state index in [0.29, 0.717) is 18.4 Å². The molecule has 0 aromatic heterocycles. The summed E-state index contributed by atoms with van der Waals surface area (Å²) in [6.07, 6.45) is 3.19. The second-order valence-corrected chi connectivity index (χ2v) is 4.60. The predicted octanol–water partition coefficient (Wildman–Crippen LogP) is 2.62. The molecule has 0 aliphatic rings. The smallest absolute Gasteiger partial charge is 0.326 e. The van der Waals surface area contributed by atoms with Crippen molar-refractivity contribution >= 4 is 11.9 Å². The van der Waals surface area contributed by atoms with Gasteiger partial charge in [0.15, 0.2) is 0 Å². The van der Waals surface area contributed by atoms with E-state index >= 15 is 0 Å². The van der Waals surface area contributed by atoms with E-state index in [-0.39, 0.29) is 5.91 Å². The number of benzene rings is 1. The Bertz CT molecular complexity index is 426. The van der Waals surface area contributed by atoms with Gasteiger partial charge in [-0.15, -0.1) is 0 Å². The van der Waals surface area contributed by atoms with Gasteiger partial charge in [-0.1, -0.05) is 38.8 Å². The molecule has 4 heteroatoms. The fraction of sp³-hybridized carbons (Fsp3) is 0.467. The number of carbonyl (C=O) groups excluding carboxylic acids is 1. The standard InChI is InChI=1S/C15H21NO3/c1-3-5-11-7-9-12(10-8-11)14(17)16-13(6-4-2)15(18)19/h7-10,13H,3-6H2,1-2H3,(H,16,17)(H,18,19). The van der Waals surface area contributed by atoms with Gasteiger partial charge in [-0.3, -0.25) is 4.79 Å². The van der Waals surface area contributed by atoms with Crippen molar-refractivity contribution in [2.45, 2.75) is 45.6 Å². The first-order valence-electron chi connectivity index (χ1n) is 6.71. The Kier molecular flexibility index (Phi) is 6.06. The SMILES string of the molecule is CCCc1ccc(C(=O)NC(CCC)C(=O)O)cc1. The molecule has 2 N–H and O–H groups in total.